The number of rotatable bonds is 3. The number of carbonyl (C=O) groups excluding carboxylic acids is 1. The van der Waals surface area contributed by atoms with Crippen LogP contribution in [0.4, 0.5) is 0 Å². The first kappa shape index (κ1) is 12.4. The molecule has 0 aliphatic carbocycles. The zero-order valence-corrected chi connectivity index (χ0v) is 10.5. The van der Waals surface area contributed by atoms with Crippen LogP contribution in [0, 0.1) is 11.3 Å². The molecule has 0 radical (unpaired) electrons. The number of amides is 1. The van der Waals surface area contributed by atoms with Crippen LogP contribution in [-0.2, 0) is 11.3 Å². The van der Waals surface area contributed by atoms with Crippen molar-refractivity contribution in [2.24, 2.45) is 5.73 Å². The minimum Gasteiger partial charge on any atom is -0.368 e. The number of alkyl halides is 1. The van der Waals surface area contributed by atoms with Gasteiger partial charge in [0.1, 0.15) is 24.0 Å². The molecule has 0 bridgehead atoms. The van der Waals surface area contributed by atoms with Crippen LogP contribution in [0.3, 0.4) is 0 Å². The molecule has 18 heavy (non-hydrogen) atoms. The van der Waals surface area contributed by atoms with Gasteiger partial charge in [0.05, 0.1) is 16.5 Å². The van der Waals surface area contributed by atoms with E-state index in [2.05, 4.69) is 11.1 Å². The highest BCUT2D eigenvalue weighted by molar-refractivity contribution is 6.20. The molecule has 1 aromatic heterocycles. The lowest BCUT2D eigenvalue weighted by atomic mass is 10.2. The first-order valence-electron chi connectivity index (χ1n) is 5.36. The molecular formula is C12H11ClN4O. The molecule has 6 heteroatoms. The molecule has 0 fully saturated rings. The van der Waals surface area contributed by atoms with Crippen molar-refractivity contribution in [1.82, 2.24) is 9.55 Å². The van der Waals surface area contributed by atoms with E-state index in [1.807, 2.05) is 0 Å². The molecule has 1 amide bonds. The van der Waals surface area contributed by atoms with Crippen LogP contribution in [0.2, 0.25) is 0 Å². The third-order valence-corrected chi connectivity index (χ3v) is 2.79. The van der Waals surface area contributed by atoms with Gasteiger partial charge in [-0.2, -0.15) is 5.26 Å². The predicted molar refractivity (Wildman–Crippen MR) is 67.9 cm³/mol. The molecule has 2 aromatic rings. The Bertz CT molecular complexity index is 654. The molecule has 5 nitrogen and oxygen atoms in total. The second-order valence-corrected chi connectivity index (χ2v) is 4.58. The number of aromatic nitrogens is 2. The number of primary amides is 1. The minimum absolute atomic E-state index is 0.00221. The summed E-state index contributed by atoms with van der Waals surface area (Å²) in [6.45, 7) is 1.75. The number of nitriles is 1. The summed E-state index contributed by atoms with van der Waals surface area (Å²) < 4.78 is 1.65. The number of fused-ring (bicyclic) bond motifs is 1. The molecule has 1 atom stereocenters. The van der Waals surface area contributed by atoms with Crippen molar-refractivity contribution >= 4 is 28.5 Å². The van der Waals surface area contributed by atoms with Crippen molar-refractivity contribution in [2.75, 3.05) is 0 Å². The number of nitrogens with zero attached hydrogens (tertiary/aromatic N) is 3. The molecule has 1 heterocycles. The lowest BCUT2D eigenvalue weighted by Crippen LogP contribution is -2.20. The minimum atomic E-state index is -0.477. The SMILES string of the molecule is CC(Cl)c1nc2c(C#N)cccc2n1CC(N)=O. The number of benzene rings is 1. The van der Waals surface area contributed by atoms with Crippen LogP contribution in [0.5, 0.6) is 0 Å². The van der Waals surface area contributed by atoms with Gasteiger partial charge in [-0.15, -0.1) is 11.6 Å². The fourth-order valence-electron chi connectivity index (χ4n) is 1.88. The second-order valence-electron chi connectivity index (χ2n) is 3.92. The van der Waals surface area contributed by atoms with E-state index in [0.717, 1.165) is 0 Å². The quantitative estimate of drug-likeness (QED) is 0.854. The molecule has 0 aliphatic heterocycles. The van der Waals surface area contributed by atoms with E-state index >= 15 is 0 Å². The van der Waals surface area contributed by atoms with Gasteiger partial charge in [-0.05, 0) is 19.1 Å². The lowest BCUT2D eigenvalue weighted by molar-refractivity contribution is -0.118. The average Bonchev–Trinajstić information content (AvgIpc) is 2.67. The number of halogens is 1. The van der Waals surface area contributed by atoms with Gasteiger partial charge in [-0.25, -0.2) is 4.98 Å². The smallest absolute Gasteiger partial charge is 0.237 e. The maximum atomic E-state index is 11.1. The standard InChI is InChI=1S/C12H11ClN4O/c1-7(13)12-16-11-8(5-14)3-2-4-9(11)17(12)6-10(15)18/h2-4,7H,6H2,1H3,(H2,15,18). The average molecular weight is 263 g/mol. The van der Waals surface area contributed by atoms with E-state index in [0.29, 0.717) is 22.4 Å². The Labute approximate surface area is 109 Å². The summed E-state index contributed by atoms with van der Waals surface area (Å²) in [5.74, 6) is 0.0587. The second kappa shape index (κ2) is 4.67. The Hall–Kier alpha value is -2.06. The van der Waals surface area contributed by atoms with Gasteiger partial charge >= 0.3 is 0 Å². The summed E-state index contributed by atoms with van der Waals surface area (Å²) >= 11 is 6.04. The van der Waals surface area contributed by atoms with Crippen molar-refractivity contribution in [3.63, 3.8) is 0 Å². The molecule has 2 N–H and O–H groups in total. The normalized spacial score (nSPS) is 12.3. The van der Waals surface area contributed by atoms with Crippen molar-refractivity contribution in [1.29, 1.82) is 5.26 Å². The van der Waals surface area contributed by atoms with E-state index in [-0.39, 0.29) is 11.9 Å². The Morgan fingerprint density at radius 3 is 2.94 bits per heavy atom. The molecule has 2 rings (SSSR count). The fourth-order valence-corrected chi connectivity index (χ4v) is 2.05. The van der Waals surface area contributed by atoms with Crippen LogP contribution in [0.1, 0.15) is 23.7 Å². The van der Waals surface area contributed by atoms with Crippen LogP contribution in [-0.4, -0.2) is 15.5 Å². The monoisotopic (exact) mass is 262 g/mol. The topological polar surface area (TPSA) is 84.7 Å². The number of carbonyl (C=O) groups is 1. The number of hydrogen-bond acceptors (Lipinski definition) is 3. The van der Waals surface area contributed by atoms with E-state index in [1.54, 1.807) is 29.7 Å². The molecule has 0 saturated carbocycles. The Balaban J connectivity index is 2.76. The van der Waals surface area contributed by atoms with Gasteiger partial charge in [0, 0.05) is 0 Å². The molecule has 0 saturated heterocycles. The van der Waals surface area contributed by atoms with Gasteiger partial charge in [-0.1, -0.05) is 6.07 Å². The van der Waals surface area contributed by atoms with E-state index in [4.69, 9.17) is 22.6 Å². The van der Waals surface area contributed by atoms with E-state index in [1.165, 1.54) is 0 Å². The number of imidazole rings is 1. The van der Waals surface area contributed by atoms with Crippen molar-refractivity contribution in [3.8, 4) is 6.07 Å². The highest BCUT2D eigenvalue weighted by atomic mass is 35.5. The maximum absolute atomic E-state index is 11.1. The summed E-state index contributed by atoms with van der Waals surface area (Å²) in [7, 11) is 0. The Morgan fingerprint density at radius 1 is 1.67 bits per heavy atom. The zero-order chi connectivity index (χ0) is 13.3. The van der Waals surface area contributed by atoms with E-state index < -0.39 is 5.91 Å². The van der Waals surface area contributed by atoms with Gasteiger partial charge in [0.2, 0.25) is 5.91 Å². The van der Waals surface area contributed by atoms with Gasteiger partial charge < -0.3 is 10.3 Å². The maximum Gasteiger partial charge on any atom is 0.237 e. The van der Waals surface area contributed by atoms with Crippen LogP contribution < -0.4 is 5.73 Å². The number of para-hydroxylation sites is 1. The van der Waals surface area contributed by atoms with Crippen molar-refractivity contribution in [2.45, 2.75) is 18.8 Å². The highest BCUT2D eigenvalue weighted by Crippen LogP contribution is 2.26. The molecule has 1 unspecified atom stereocenters. The summed E-state index contributed by atoms with van der Waals surface area (Å²) in [4.78, 5) is 15.4. The number of hydrogen-bond donors (Lipinski definition) is 1. The highest BCUT2D eigenvalue weighted by Gasteiger charge is 2.17. The third-order valence-electron chi connectivity index (χ3n) is 2.60. The molecule has 0 spiro atoms. The lowest BCUT2D eigenvalue weighted by Gasteiger charge is -2.07. The molecule has 92 valence electrons. The Kier molecular flexibility index (Phi) is 3.21. The third kappa shape index (κ3) is 2.03. The van der Waals surface area contributed by atoms with Gasteiger partial charge in [0.25, 0.3) is 0 Å². The zero-order valence-electron chi connectivity index (χ0n) is 9.72. The number of nitrogens with two attached hydrogens (primary N) is 1. The Morgan fingerprint density at radius 2 is 2.39 bits per heavy atom. The van der Waals surface area contributed by atoms with Crippen molar-refractivity contribution < 1.29 is 4.79 Å². The molecule has 1 aromatic carbocycles. The predicted octanol–water partition coefficient (Wildman–Crippen LogP) is 1.69. The molecular weight excluding hydrogens is 252 g/mol. The van der Waals surface area contributed by atoms with E-state index in [9.17, 15) is 4.79 Å². The van der Waals surface area contributed by atoms with Crippen molar-refractivity contribution in [3.05, 3.63) is 29.6 Å². The van der Waals surface area contributed by atoms with Crippen LogP contribution >= 0.6 is 11.6 Å². The summed E-state index contributed by atoms with van der Waals surface area (Å²) in [5, 5.41) is 8.66. The first-order valence-corrected chi connectivity index (χ1v) is 5.80. The largest absolute Gasteiger partial charge is 0.368 e. The van der Waals surface area contributed by atoms with Gasteiger partial charge in [0.15, 0.2) is 0 Å². The summed E-state index contributed by atoms with van der Waals surface area (Å²) in [6.07, 6.45) is 0. The summed E-state index contributed by atoms with van der Waals surface area (Å²) in [5.41, 5.74) is 6.91. The molecule has 0 aliphatic rings. The fraction of sp³-hybridized carbons (Fsp3) is 0.250. The first-order chi connectivity index (χ1) is 8.54. The van der Waals surface area contributed by atoms with Crippen LogP contribution in [0.15, 0.2) is 18.2 Å². The van der Waals surface area contributed by atoms with Crippen LogP contribution in [0.25, 0.3) is 11.0 Å². The summed E-state index contributed by atoms with van der Waals surface area (Å²) in [6, 6.07) is 7.27. The van der Waals surface area contributed by atoms with Gasteiger partial charge in [-0.3, -0.25) is 4.79 Å².